The van der Waals surface area contributed by atoms with Gasteiger partial charge in [0.25, 0.3) is 11.7 Å². The van der Waals surface area contributed by atoms with Crippen molar-refractivity contribution in [2.45, 2.75) is 26.5 Å². The van der Waals surface area contributed by atoms with Gasteiger partial charge in [0.05, 0.1) is 11.6 Å². The van der Waals surface area contributed by atoms with E-state index in [2.05, 4.69) is 4.90 Å². The van der Waals surface area contributed by atoms with Crippen LogP contribution in [-0.2, 0) is 16.2 Å². The molecule has 1 saturated heterocycles. The maximum absolute atomic E-state index is 13.7. The fourth-order valence-electron chi connectivity index (χ4n) is 4.50. The van der Waals surface area contributed by atoms with E-state index in [1.165, 1.54) is 17.0 Å². The van der Waals surface area contributed by atoms with Crippen LogP contribution in [-0.4, -0.2) is 52.8 Å². The molecule has 0 aliphatic carbocycles. The lowest BCUT2D eigenvalue weighted by Gasteiger charge is -2.28. The lowest BCUT2D eigenvalue weighted by molar-refractivity contribution is -0.140. The molecule has 37 heavy (non-hydrogen) atoms. The molecule has 192 valence electrons. The van der Waals surface area contributed by atoms with Crippen molar-refractivity contribution in [1.82, 2.24) is 9.80 Å². The lowest BCUT2D eigenvalue weighted by Crippen LogP contribution is -2.38. The number of hydrogen-bond acceptors (Lipinski definition) is 5. The number of amides is 1. The van der Waals surface area contributed by atoms with Gasteiger partial charge in [0.15, 0.2) is 0 Å². The number of nitrogens with zero attached hydrogens (tertiary/aromatic N) is 2. The van der Waals surface area contributed by atoms with Gasteiger partial charge >= 0.3 is 0 Å². The molecule has 1 N–H and O–H groups in total. The van der Waals surface area contributed by atoms with E-state index in [-0.39, 0.29) is 11.3 Å². The Morgan fingerprint density at radius 2 is 1.59 bits per heavy atom. The van der Waals surface area contributed by atoms with E-state index in [1.807, 2.05) is 44.2 Å². The molecule has 1 amide bonds. The second-order valence-electron chi connectivity index (χ2n) is 8.87. The molecular weight excluding hydrogens is 471 g/mol. The monoisotopic (exact) mass is 502 g/mol. The number of benzene rings is 3. The number of aliphatic hydroxyl groups is 1. The highest BCUT2D eigenvalue weighted by atomic mass is 19.1. The molecule has 0 saturated carbocycles. The Kier molecular flexibility index (Phi) is 8.36. The summed E-state index contributed by atoms with van der Waals surface area (Å²) in [6, 6.07) is 21.3. The largest absolute Gasteiger partial charge is 0.507 e. The number of halogens is 1. The quantitative estimate of drug-likeness (QED) is 0.235. The minimum Gasteiger partial charge on any atom is -0.507 e. The van der Waals surface area contributed by atoms with Gasteiger partial charge in [-0.25, -0.2) is 4.39 Å². The molecule has 0 radical (unpaired) electrons. The molecule has 3 aromatic carbocycles. The number of ketones is 1. The summed E-state index contributed by atoms with van der Waals surface area (Å²) >= 11 is 0. The first-order valence-electron chi connectivity index (χ1n) is 12.5. The number of carbonyl (C=O) groups is 2. The van der Waals surface area contributed by atoms with Crippen molar-refractivity contribution in [3.05, 3.63) is 107 Å². The predicted molar refractivity (Wildman–Crippen MR) is 140 cm³/mol. The van der Waals surface area contributed by atoms with E-state index < -0.39 is 23.5 Å². The molecule has 0 aromatic heterocycles. The van der Waals surface area contributed by atoms with Crippen LogP contribution >= 0.6 is 0 Å². The number of likely N-dealkylation sites (tertiary alicyclic amines) is 1. The average Bonchev–Trinajstić information content (AvgIpc) is 3.18. The van der Waals surface area contributed by atoms with Crippen LogP contribution in [0, 0.1) is 5.82 Å². The van der Waals surface area contributed by atoms with Crippen LogP contribution in [0.1, 0.15) is 36.6 Å². The summed E-state index contributed by atoms with van der Waals surface area (Å²) in [7, 11) is 0. The number of Topliss-reactive ketones (excluding diaryl/α,β-unsaturated/α-hetero) is 1. The number of rotatable bonds is 10. The Morgan fingerprint density at radius 3 is 2.22 bits per heavy atom. The summed E-state index contributed by atoms with van der Waals surface area (Å²) in [6.07, 6.45) is 0. The zero-order valence-corrected chi connectivity index (χ0v) is 21.1. The van der Waals surface area contributed by atoms with Crippen molar-refractivity contribution < 1.29 is 23.8 Å². The second kappa shape index (κ2) is 11.8. The molecule has 1 fully saturated rings. The van der Waals surface area contributed by atoms with Gasteiger partial charge in [-0.3, -0.25) is 9.59 Å². The zero-order valence-electron chi connectivity index (χ0n) is 21.1. The summed E-state index contributed by atoms with van der Waals surface area (Å²) in [6.45, 7) is 6.95. The molecule has 0 bridgehead atoms. The number of carbonyl (C=O) groups excluding carboxylic acids is 2. The highest BCUT2D eigenvalue weighted by molar-refractivity contribution is 6.46. The SMILES string of the molecule is CCN(CC)CCN1C(=O)C(=O)/C(=C(/O)c2ccc(OCc3ccccc3)cc2)[C@H]1c1ccc(F)cc1. The second-order valence-corrected chi connectivity index (χ2v) is 8.87. The van der Waals surface area contributed by atoms with Gasteiger partial charge in [-0.2, -0.15) is 0 Å². The summed E-state index contributed by atoms with van der Waals surface area (Å²) in [4.78, 5) is 29.9. The lowest BCUT2D eigenvalue weighted by atomic mass is 9.95. The van der Waals surface area contributed by atoms with Gasteiger partial charge < -0.3 is 19.6 Å². The third-order valence-electron chi connectivity index (χ3n) is 6.65. The highest BCUT2D eigenvalue weighted by Gasteiger charge is 2.45. The molecule has 1 heterocycles. The smallest absolute Gasteiger partial charge is 0.295 e. The first-order valence-corrected chi connectivity index (χ1v) is 12.5. The Hall–Kier alpha value is -3.97. The Bertz CT molecular complexity index is 1250. The van der Waals surface area contributed by atoms with E-state index in [0.717, 1.165) is 18.7 Å². The van der Waals surface area contributed by atoms with Crippen molar-refractivity contribution in [2.75, 3.05) is 26.2 Å². The Morgan fingerprint density at radius 1 is 0.946 bits per heavy atom. The number of likely N-dealkylation sites (N-methyl/N-ethyl adjacent to an activating group) is 1. The summed E-state index contributed by atoms with van der Waals surface area (Å²) < 4.78 is 19.5. The van der Waals surface area contributed by atoms with Gasteiger partial charge in [-0.15, -0.1) is 0 Å². The molecule has 3 aromatic rings. The maximum atomic E-state index is 13.7. The molecule has 0 unspecified atom stereocenters. The van der Waals surface area contributed by atoms with Gasteiger partial charge in [0.2, 0.25) is 0 Å². The summed E-state index contributed by atoms with van der Waals surface area (Å²) in [5.41, 5.74) is 1.97. The van der Waals surface area contributed by atoms with Crippen LogP contribution in [0.2, 0.25) is 0 Å². The molecule has 1 aliphatic heterocycles. The molecule has 7 heteroatoms. The Labute approximate surface area is 216 Å². The molecule has 6 nitrogen and oxygen atoms in total. The van der Waals surface area contributed by atoms with Gasteiger partial charge in [0.1, 0.15) is 23.9 Å². The van der Waals surface area contributed by atoms with Crippen molar-refractivity contribution in [1.29, 1.82) is 0 Å². The van der Waals surface area contributed by atoms with Gasteiger partial charge in [-0.05, 0) is 60.6 Å². The van der Waals surface area contributed by atoms with Crippen molar-refractivity contribution in [3.8, 4) is 5.75 Å². The van der Waals surface area contributed by atoms with Crippen LogP contribution in [0.15, 0.2) is 84.4 Å². The van der Waals surface area contributed by atoms with Crippen LogP contribution in [0.4, 0.5) is 4.39 Å². The standard InChI is InChI=1S/C30H31FN2O4/c1-3-32(4-2)18-19-33-27(22-10-14-24(31)15-11-22)26(29(35)30(33)36)28(34)23-12-16-25(17-13-23)37-20-21-8-6-5-7-9-21/h5-17,27,34H,3-4,18-20H2,1-2H3/b28-26+/t27-/m1/s1. The minimum absolute atomic E-state index is 0.00545. The molecule has 1 aliphatic rings. The fraction of sp³-hybridized carbons (Fsp3) is 0.267. The van der Waals surface area contributed by atoms with E-state index in [1.54, 1.807) is 36.4 Å². The number of hydrogen-bond donors (Lipinski definition) is 1. The Balaban J connectivity index is 1.64. The molecule has 0 spiro atoms. The minimum atomic E-state index is -0.815. The van der Waals surface area contributed by atoms with Crippen molar-refractivity contribution in [3.63, 3.8) is 0 Å². The topological polar surface area (TPSA) is 70.1 Å². The van der Waals surface area contributed by atoms with Crippen LogP contribution in [0.3, 0.4) is 0 Å². The fourth-order valence-corrected chi connectivity index (χ4v) is 4.50. The third-order valence-corrected chi connectivity index (χ3v) is 6.65. The number of aliphatic hydroxyl groups excluding tert-OH is 1. The zero-order chi connectivity index (χ0) is 26.4. The molecule has 4 rings (SSSR count). The van der Waals surface area contributed by atoms with E-state index in [4.69, 9.17) is 4.74 Å². The summed E-state index contributed by atoms with van der Waals surface area (Å²) in [5, 5.41) is 11.2. The van der Waals surface area contributed by atoms with Crippen molar-refractivity contribution in [2.24, 2.45) is 0 Å². The normalized spacial score (nSPS) is 17.0. The molecule has 1 atom stereocenters. The van der Waals surface area contributed by atoms with Crippen molar-refractivity contribution >= 4 is 17.4 Å². The first kappa shape index (κ1) is 26.1. The predicted octanol–water partition coefficient (Wildman–Crippen LogP) is 5.17. The van der Waals surface area contributed by atoms with Crippen LogP contribution < -0.4 is 4.74 Å². The van der Waals surface area contributed by atoms with E-state index in [9.17, 15) is 19.1 Å². The van der Waals surface area contributed by atoms with Crippen LogP contribution in [0.25, 0.3) is 5.76 Å². The maximum Gasteiger partial charge on any atom is 0.295 e. The van der Waals surface area contributed by atoms with Gasteiger partial charge in [0, 0.05) is 18.7 Å². The van der Waals surface area contributed by atoms with Crippen LogP contribution in [0.5, 0.6) is 5.75 Å². The van der Waals surface area contributed by atoms with Gasteiger partial charge in [-0.1, -0.05) is 56.3 Å². The first-order chi connectivity index (χ1) is 17.9. The third kappa shape index (κ3) is 5.89. The summed E-state index contributed by atoms with van der Waals surface area (Å²) in [5.74, 6) is -1.51. The molecular formula is C30H31FN2O4. The highest BCUT2D eigenvalue weighted by Crippen LogP contribution is 2.39. The van der Waals surface area contributed by atoms with E-state index >= 15 is 0 Å². The van der Waals surface area contributed by atoms with E-state index in [0.29, 0.717) is 36.6 Å². The average molecular weight is 503 g/mol. The number of ether oxygens (including phenoxy) is 1.